The van der Waals surface area contributed by atoms with E-state index in [9.17, 15) is 0 Å². The molecule has 3 heteroatoms. The van der Waals surface area contributed by atoms with E-state index in [4.69, 9.17) is 0 Å². The molecule has 262 valence electrons. The van der Waals surface area contributed by atoms with Gasteiger partial charge in [-0.1, -0.05) is 0 Å². The summed E-state index contributed by atoms with van der Waals surface area (Å²) in [6.45, 7) is 29.2. The van der Waals surface area contributed by atoms with Crippen molar-refractivity contribution in [3.8, 4) is 11.1 Å². The van der Waals surface area contributed by atoms with Crippen molar-refractivity contribution < 1.29 is 18.0 Å². The van der Waals surface area contributed by atoms with Gasteiger partial charge in [-0.05, 0) is 0 Å². The van der Waals surface area contributed by atoms with E-state index in [1.54, 1.807) is 17.7 Å². The van der Waals surface area contributed by atoms with Gasteiger partial charge in [0.25, 0.3) is 0 Å². The third-order valence-electron chi connectivity index (χ3n) is 12.1. The first-order chi connectivity index (χ1) is 23.0. The van der Waals surface area contributed by atoms with Gasteiger partial charge in [-0.15, -0.1) is 0 Å². The molecule has 0 heterocycles. The molecule has 4 aromatic rings. The van der Waals surface area contributed by atoms with Crippen molar-refractivity contribution in [2.24, 2.45) is 0 Å². The Balaban J connectivity index is 1.80. The van der Waals surface area contributed by atoms with Crippen LogP contribution < -0.4 is 13.7 Å². The van der Waals surface area contributed by atoms with Gasteiger partial charge in [0, 0.05) is 0 Å². The fourth-order valence-electron chi connectivity index (χ4n) is 9.04. The normalized spacial score (nSPS) is 15.4. The van der Waals surface area contributed by atoms with Crippen LogP contribution in [0.5, 0.6) is 0 Å². The summed E-state index contributed by atoms with van der Waals surface area (Å²) < 4.78 is 9.37. The van der Waals surface area contributed by atoms with Crippen LogP contribution >= 0.6 is 0 Å². The molecular formula is C47H62HfSi2. The van der Waals surface area contributed by atoms with Crippen LogP contribution in [0, 0.1) is 0 Å². The van der Waals surface area contributed by atoms with Crippen LogP contribution in [0.3, 0.4) is 0 Å². The molecule has 0 amide bonds. The van der Waals surface area contributed by atoms with Crippen LogP contribution in [0.25, 0.3) is 11.1 Å². The third-order valence-corrected chi connectivity index (χ3v) is 40.0. The zero-order valence-corrected chi connectivity index (χ0v) is 39.2. The molecule has 2 aliphatic carbocycles. The van der Waals surface area contributed by atoms with Crippen molar-refractivity contribution in [2.75, 3.05) is 0 Å². The minimum absolute atomic E-state index is 0.000193. The second kappa shape index (κ2) is 12.3. The number of fused-ring (bicyclic) bond motifs is 3. The van der Waals surface area contributed by atoms with Gasteiger partial charge in [-0.3, -0.25) is 0 Å². The molecule has 0 saturated heterocycles. The summed E-state index contributed by atoms with van der Waals surface area (Å²) in [5.74, 6) is 0. The van der Waals surface area contributed by atoms with E-state index in [1.165, 1.54) is 43.8 Å². The second-order valence-corrected chi connectivity index (χ2v) is 54.4. The van der Waals surface area contributed by atoms with Gasteiger partial charge in [0.1, 0.15) is 0 Å². The Morgan fingerprint density at radius 1 is 0.600 bits per heavy atom. The molecule has 2 aliphatic rings. The van der Waals surface area contributed by atoms with Crippen molar-refractivity contribution >= 4 is 33.1 Å². The Kier molecular flexibility index (Phi) is 9.18. The zero-order valence-electron chi connectivity index (χ0n) is 33.6. The van der Waals surface area contributed by atoms with Crippen molar-refractivity contribution in [2.45, 2.75) is 111 Å². The Bertz CT molecular complexity index is 2020. The topological polar surface area (TPSA) is 0 Å². The molecule has 0 nitrogen and oxygen atoms in total. The van der Waals surface area contributed by atoms with Gasteiger partial charge in [-0.2, -0.15) is 0 Å². The summed E-state index contributed by atoms with van der Waals surface area (Å²) in [5, 5.41) is 3.05. The number of allylic oxidation sites excluding steroid dienone is 4. The van der Waals surface area contributed by atoms with Crippen LogP contribution in [-0.4, -0.2) is 19.4 Å². The molecule has 6 rings (SSSR count). The van der Waals surface area contributed by atoms with E-state index < -0.39 is 34.2 Å². The molecule has 0 bridgehead atoms. The third kappa shape index (κ3) is 6.43. The first-order valence-corrected chi connectivity index (χ1v) is 38.8. The molecule has 0 aromatic heterocycles. The Morgan fingerprint density at radius 3 is 1.52 bits per heavy atom. The maximum absolute atomic E-state index is 4.63. The fraction of sp³-hybridized carbons (Fsp3) is 0.383. The van der Waals surface area contributed by atoms with E-state index in [1.807, 2.05) is 0 Å². The molecule has 50 heavy (non-hydrogen) atoms. The predicted octanol–water partition coefficient (Wildman–Crippen LogP) is 11.5. The van der Waals surface area contributed by atoms with Gasteiger partial charge in [-0.25, -0.2) is 0 Å². The quantitative estimate of drug-likeness (QED) is 0.149. The van der Waals surface area contributed by atoms with Gasteiger partial charge in [0.2, 0.25) is 0 Å². The van der Waals surface area contributed by atoms with E-state index in [0.29, 0.717) is 3.67 Å². The average molecular weight is 862 g/mol. The average Bonchev–Trinajstić information content (AvgIpc) is 3.69. The molecule has 0 aliphatic heterocycles. The van der Waals surface area contributed by atoms with Crippen LogP contribution in [-0.2, 0) is 35.3 Å². The first-order valence-electron chi connectivity index (χ1n) is 19.0. The standard InChI is InChI=1S/C21H25.C19H26Si2.C5H5.2CH3.Hf/c1-20(2,3)16-7-9-18-14(12-16)11-15-13-17(21(4,5)6)8-10-19(15)18;1-20(2,3)18-11-7-16(8-12-18)15-17-9-13-19(14-10-17)21(4,5)6;1-2-4-5-3-1;;;/h7-10,12H,11H2,1-6H3;7-14H,1-6H3;1-5H;2*1H3;. The summed E-state index contributed by atoms with van der Waals surface area (Å²) >= 11 is -4.63. The summed E-state index contributed by atoms with van der Waals surface area (Å²) in [6, 6.07) is 32.3. The van der Waals surface area contributed by atoms with Gasteiger partial charge >= 0.3 is 310 Å². The monoisotopic (exact) mass is 862 g/mol. The molecule has 0 spiro atoms. The van der Waals surface area contributed by atoms with Crippen LogP contribution in [0.15, 0.2) is 103 Å². The van der Waals surface area contributed by atoms with Gasteiger partial charge in [0.15, 0.2) is 0 Å². The number of rotatable bonds is 6. The number of benzene rings is 4. The Morgan fingerprint density at radius 2 is 1.08 bits per heavy atom. The Hall–Kier alpha value is -2.47. The van der Waals surface area contributed by atoms with E-state index in [2.05, 4.69) is 193 Å². The van der Waals surface area contributed by atoms with Crippen LogP contribution in [0.4, 0.5) is 0 Å². The zero-order chi connectivity index (χ0) is 36.7. The molecule has 0 atom stereocenters. The first kappa shape index (κ1) is 37.3. The minimum atomic E-state index is -4.63. The van der Waals surface area contributed by atoms with Gasteiger partial charge < -0.3 is 0 Å². The van der Waals surface area contributed by atoms with Crippen molar-refractivity contribution in [1.29, 1.82) is 0 Å². The van der Waals surface area contributed by atoms with Crippen molar-refractivity contribution in [3.05, 3.63) is 137 Å². The summed E-state index contributed by atoms with van der Waals surface area (Å²) in [6.07, 6.45) is 10.8. The predicted molar refractivity (Wildman–Crippen MR) is 228 cm³/mol. The fourth-order valence-corrected chi connectivity index (χ4v) is 36.0. The van der Waals surface area contributed by atoms with E-state index in [0.717, 1.165) is 6.42 Å². The van der Waals surface area contributed by atoms with Crippen LogP contribution in [0.2, 0.25) is 52.3 Å². The van der Waals surface area contributed by atoms with Crippen molar-refractivity contribution in [3.63, 3.8) is 0 Å². The Labute approximate surface area is 307 Å². The van der Waals surface area contributed by atoms with E-state index >= 15 is 0 Å². The second-order valence-electron chi connectivity index (χ2n) is 20.4. The summed E-state index contributed by atoms with van der Waals surface area (Å²) in [4.78, 5) is 0. The van der Waals surface area contributed by atoms with Crippen LogP contribution in [0.1, 0.15) is 74.9 Å². The molecule has 4 aromatic carbocycles. The molecule has 0 N–H and O–H groups in total. The summed E-state index contributed by atoms with van der Waals surface area (Å²) in [7, 11) is -2.93. The molecular weight excluding hydrogens is 799 g/mol. The molecule has 0 radical (unpaired) electrons. The summed E-state index contributed by atoms with van der Waals surface area (Å²) in [5.41, 5.74) is 11.9. The number of hydrogen-bond donors (Lipinski definition) is 0. The maximum atomic E-state index is 2.81. The van der Waals surface area contributed by atoms with Crippen molar-refractivity contribution in [1.82, 2.24) is 0 Å². The van der Waals surface area contributed by atoms with Gasteiger partial charge in [0.05, 0.1) is 0 Å². The molecule has 0 fully saturated rings. The molecule has 0 unspecified atom stereocenters. The molecule has 0 saturated carbocycles. The number of hydrogen-bond acceptors (Lipinski definition) is 0. The van der Waals surface area contributed by atoms with E-state index in [-0.39, 0.29) is 10.8 Å². The SMILES string of the molecule is CC(C)(C)c1ccc2c(c1)Cc1c-2ccc(C(C)(C)C)[c]1[Hf]([CH3])([CH3])(=[C](c1ccc([Si](C)(C)C)cc1)c1ccc([Si](C)(C)C)cc1)[CH]1C=CC=C1.